The summed E-state index contributed by atoms with van der Waals surface area (Å²) in [4.78, 5) is 11.3. The molecule has 0 atom stereocenters. The summed E-state index contributed by atoms with van der Waals surface area (Å²) in [5.41, 5.74) is 10.2. The van der Waals surface area contributed by atoms with Crippen molar-refractivity contribution >= 4 is 5.91 Å². The summed E-state index contributed by atoms with van der Waals surface area (Å²) < 4.78 is 41.2. The lowest BCUT2D eigenvalue weighted by Crippen LogP contribution is -2.16. The second-order valence-electron chi connectivity index (χ2n) is 6.73. The fourth-order valence-corrected chi connectivity index (χ4v) is 3.26. The Kier molecular flexibility index (Phi) is 5.21. The first-order valence-corrected chi connectivity index (χ1v) is 9.21. The lowest BCUT2D eigenvalue weighted by molar-refractivity contribution is -0.274. The highest BCUT2D eigenvalue weighted by Crippen LogP contribution is 2.35. The van der Waals surface area contributed by atoms with Gasteiger partial charge in [-0.05, 0) is 46.5 Å². The number of aromatic amines is 1. The lowest BCUT2D eigenvalue weighted by Gasteiger charge is -2.13. The van der Waals surface area contributed by atoms with Gasteiger partial charge in [-0.3, -0.25) is 9.89 Å². The summed E-state index contributed by atoms with van der Waals surface area (Å²) in [5, 5.41) is 6.74. The molecule has 0 bridgehead atoms. The van der Waals surface area contributed by atoms with Crippen molar-refractivity contribution in [1.82, 2.24) is 10.2 Å². The van der Waals surface area contributed by atoms with E-state index >= 15 is 0 Å². The molecule has 31 heavy (non-hydrogen) atoms. The van der Waals surface area contributed by atoms with Gasteiger partial charge in [-0.25, -0.2) is 0 Å². The van der Waals surface area contributed by atoms with Gasteiger partial charge in [0.15, 0.2) is 0 Å². The van der Waals surface area contributed by atoms with Crippen LogP contribution in [-0.2, 0) is 0 Å². The van der Waals surface area contributed by atoms with Crippen LogP contribution in [0.15, 0.2) is 78.9 Å². The molecule has 0 radical (unpaired) electrons. The van der Waals surface area contributed by atoms with Gasteiger partial charge in [-0.1, -0.05) is 54.6 Å². The maximum Gasteiger partial charge on any atom is 0.573 e. The number of nitrogens with two attached hydrogens (primary N) is 1. The fourth-order valence-electron chi connectivity index (χ4n) is 3.26. The molecule has 0 saturated carbocycles. The number of hydrogen-bond acceptors (Lipinski definition) is 3. The second kappa shape index (κ2) is 7.98. The van der Waals surface area contributed by atoms with Gasteiger partial charge in [-0.15, -0.1) is 13.2 Å². The minimum atomic E-state index is -4.74. The Morgan fingerprint density at radius 1 is 0.839 bits per heavy atom. The number of benzene rings is 3. The van der Waals surface area contributed by atoms with Crippen LogP contribution in [0.1, 0.15) is 10.5 Å². The Morgan fingerprint density at radius 3 is 2.10 bits per heavy atom. The summed E-state index contributed by atoms with van der Waals surface area (Å²) >= 11 is 0. The first kappa shape index (κ1) is 20.2. The third-order valence-corrected chi connectivity index (χ3v) is 4.64. The van der Waals surface area contributed by atoms with E-state index in [1.165, 1.54) is 12.1 Å². The maximum absolute atomic E-state index is 12.4. The largest absolute Gasteiger partial charge is 0.573 e. The number of nitrogens with zero attached hydrogens (tertiary/aromatic N) is 1. The smallest absolute Gasteiger partial charge is 0.406 e. The Bertz CT molecular complexity index is 1230. The van der Waals surface area contributed by atoms with Crippen LogP contribution in [0.25, 0.3) is 33.5 Å². The number of aromatic nitrogens is 2. The molecule has 0 aliphatic rings. The van der Waals surface area contributed by atoms with Crippen LogP contribution in [0.5, 0.6) is 5.75 Å². The van der Waals surface area contributed by atoms with Crippen molar-refractivity contribution in [2.24, 2.45) is 5.73 Å². The molecule has 3 N–H and O–H groups in total. The molecule has 1 aromatic heterocycles. The molecule has 1 heterocycles. The first-order chi connectivity index (χ1) is 14.8. The number of nitrogens with one attached hydrogen (secondary N) is 1. The number of amides is 1. The number of ether oxygens (including phenoxy) is 1. The van der Waals surface area contributed by atoms with Crippen molar-refractivity contribution in [2.75, 3.05) is 0 Å². The molecule has 0 aliphatic heterocycles. The van der Waals surface area contributed by atoms with Crippen LogP contribution < -0.4 is 10.5 Å². The molecule has 0 spiro atoms. The van der Waals surface area contributed by atoms with Crippen molar-refractivity contribution < 1.29 is 22.7 Å². The number of H-pyrrole nitrogens is 1. The number of alkyl halides is 3. The molecule has 4 rings (SSSR count). The van der Waals surface area contributed by atoms with Crippen LogP contribution in [0.3, 0.4) is 0 Å². The molecule has 0 aliphatic carbocycles. The standard InChI is InChI=1S/C23H16F3N3O2/c24-23(25,26)31-17-10-8-14(9-11-17)18-6-1-2-7-19(18)15-4-3-5-16(12-15)20-13-21(22(27)30)29-28-20/h1-13H,(H2,27,30)(H,28,29). The van der Waals surface area contributed by atoms with Gasteiger partial charge < -0.3 is 10.5 Å². The molecule has 156 valence electrons. The number of hydrogen-bond donors (Lipinski definition) is 2. The van der Waals surface area contributed by atoms with Crippen LogP contribution >= 0.6 is 0 Å². The summed E-state index contributed by atoms with van der Waals surface area (Å²) in [6, 6.07) is 22.4. The lowest BCUT2D eigenvalue weighted by atomic mass is 9.93. The van der Waals surface area contributed by atoms with Crippen LogP contribution in [0.4, 0.5) is 13.2 Å². The molecule has 1 amide bonds. The van der Waals surface area contributed by atoms with Crippen molar-refractivity contribution in [2.45, 2.75) is 6.36 Å². The zero-order valence-electron chi connectivity index (χ0n) is 16.0. The summed E-state index contributed by atoms with van der Waals surface area (Å²) in [5.74, 6) is -0.877. The first-order valence-electron chi connectivity index (χ1n) is 9.21. The van der Waals surface area contributed by atoms with E-state index in [4.69, 9.17) is 5.73 Å². The molecule has 5 nitrogen and oxygen atoms in total. The van der Waals surface area contributed by atoms with E-state index in [1.54, 1.807) is 18.2 Å². The van der Waals surface area contributed by atoms with Crippen LogP contribution in [0.2, 0.25) is 0 Å². The zero-order valence-corrected chi connectivity index (χ0v) is 16.0. The van der Waals surface area contributed by atoms with Crippen molar-refractivity contribution in [3.63, 3.8) is 0 Å². The van der Waals surface area contributed by atoms with Crippen LogP contribution in [-0.4, -0.2) is 22.5 Å². The van der Waals surface area contributed by atoms with E-state index < -0.39 is 12.3 Å². The van der Waals surface area contributed by atoms with E-state index in [0.717, 1.165) is 27.8 Å². The number of carbonyl (C=O) groups is 1. The maximum atomic E-state index is 12.4. The van der Waals surface area contributed by atoms with Gasteiger partial charge in [0.2, 0.25) is 0 Å². The highest BCUT2D eigenvalue weighted by Gasteiger charge is 2.31. The van der Waals surface area contributed by atoms with Gasteiger partial charge in [0.05, 0.1) is 5.69 Å². The molecule has 4 aromatic rings. The molecule has 3 aromatic carbocycles. The Balaban J connectivity index is 1.70. The van der Waals surface area contributed by atoms with Crippen molar-refractivity contribution in [3.8, 4) is 39.3 Å². The van der Waals surface area contributed by atoms with Gasteiger partial charge in [0.25, 0.3) is 5.91 Å². The van der Waals surface area contributed by atoms with Crippen molar-refractivity contribution in [1.29, 1.82) is 0 Å². The minimum absolute atomic E-state index is 0.210. The number of primary amides is 1. The highest BCUT2D eigenvalue weighted by atomic mass is 19.4. The second-order valence-corrected chi connectivity index (χ2v) is 6.73. The molecular formula is C23H16F3N3O2. The van der Waals surface area contributed by atoms with E-state index in [-0.39, 0.29) is 11.4 Å². The van der Waals surface area contributed by atoms with Gasteiger partial charge in [0.1, 0.15) is 11.4 Å². The SMILES string of the molecule is NC(=O)c1cc(-c2cccc(-c3ccccc3-c3ccc(OC(F)(F)F)cc3)c2)n[nH]1. The Hall–Kier alpha value is -4.07. The van der Waals surface area contributed by atoms with Gasteiger partial charge in [-0.2, -0.15) is 5.10 Å². The molecule has 0 saturated heterocycles. The number of rotatable bonds is 5. The average Bonchev–Trinajstić information content (AvgIpc) is 3.24. The molecular weight excluding hydrogens is 407 g/mol. The van der Waals surface area contributed by atoms with Crippen molar-refractivity contribution in [3.05, 3.63) is 84.6 Å². The Labute approximate surface area is 175 Å². The highest BCUT2D eigenvalue weighted by molar-refractivity contribution is 5.92. The van der Waals surface area contributed by atoms with E-state index in [1.807, 2.05) is 48.5 Å². The third-order valence-electron chi connectivity index (χ3n) is 4.64. The monoisotopic (exact) mass is 423 g/mol. The average molecular weight is 423 g/mol. The number of halogens is 3. The van der Waals surface area contributed by atoms with E-state index in [2.05, 4.69) is 14.9 Å². The summed E-state index contributed by atoms with van der Waals surface area (Å²) in [6.07, 6.45) is -4.74. The molecule has 0 unspecified atom stereocenters. The third kappa shape index (κ3) is 4.58. The topological polar surface area (TPSA) is 81.0 Å². The minimum Gasteiger partial charge on any atom is -0.406 e. The fraction of sp³-hybridized carbons (Fsp3) is 0.0435. The quantitative estimate of drug-likeness (QED) is 0.451. The van der Waals surface area contributed by atoms with Crippen LogP contribution in [0, 0.1) is 0 Å². The summed E-state index contributed by atoms with van der Waals surface area (Å²) in [7, 11) is 0. The predicted octanol–water partition coefficient (Wildman–Crippen LogP) is 5.41. The van der Waals surface area contributed by atoms with Gasteiger partial charge >= 0.3 is 6.36 Å². The van der Waals surface area contributed by atoms with E-state index in [0.29, 0.717) is 5.69 Å². The normalized spacial score (nSPS) is 11.3. The summed E-state index contributed by atoms with van der Waals surface area (Å²) in [6.45, 7) is 0. The zero-order chi connectivity index (χ0) is 22.0. The van der Waals surface area contributed by atoms with E-state index in [9.17, 15) is 18.0 Å². The molecule has 8 heteroatoms. The predicted molar refractivity (Wildman–Crippen MR) is 110 cm³/mol. The Morgan fingerprint density at radius 2 is 1.48 bits per heavy atom. The van der Waals surface area contributed by atoms with Gasteiger partial charge in [0, 0.05) is 5.56 Å². The molecule has 0 fully saturated rings. The number of carbonyl (C=O) groups excluding carboxylic acids is 1.